The first kappa shape index (κ1) is 19.2. The number of ether oxygens (including phenoxy) is 1. The predicted octanol–water partition coefficient (Wildman–Crippen LogP) is 4.78. The molecule has 2 aromatic carbocycles. The van der Waals surface area contributed by atoms with Crippen LogP contribution >= 0.6 is 11.8 Å². The molecular weight excluding hydrogens is 406 g/mol. The van der Waals surface area contributed by atoms with Gasteiger partial charge in [0.2, 0.25) is 11.8 Å². The highest BCUT2D eigenvalue weighted by Gasteiger charge is 2.36. The van der Waals surface area contributed by atoms with Crippen molar-refractivity contribution in [2.45, 2.75) is 23.5 Å². The Kier molecular flexibility index (Phi) is 4.85. The third kappa shape index (κ3) is 3.41. The molecule has 152 valence electrons. The first-order chi connectivity index (χ1) is 15.2. The van der Waals surface area contributed by atoms with Crippen molar-refractivity contribution in [2.75, 3.05) is 0 Å². The second kappa shape index (κ2) is 7.82. The molecule has 5 rings (SSSR count). The number of aromatic amines is 1. The molecule has 1 aliphatic rings. The van der Waals surface area contributed by atoms with Gasteiger partial charge in [-0.25, -0.2) is 0 Å². The van der Waals surface area contributed by atoms with E-state index in [1.54, 1.807) is 18.0 Å². The summed E-state index contributed by atoms with van der Waals surface area (Å²) in [4.78, 5) is 5.63. The number of fused-ring (bicyclic) bond motifs is 2. The Balaban J connectivity index is 1.61. The van der Waals surface area contributed by atoms with Crippen LogP contribution in [0.1, 0.15) is 28.3 Å². The molecule has 0 amide bonds. The summed E-state index contributed by atoms with van der Waals surface area (Å²) in [5.74, 6) is 0.786. The van der Waals surface area contributed by atoms with Crippen molar-refractivity contribution >= 4 is 22.7 Å². The Hall–Kier alpha value is -3.76. The minimum absolute atomic E-state index is 0.0881. The van der Waals surface area contributed by atoms with Crippen LogP contribution in [0.5, 0.6) is 5.88 Å². The van der Waals surface area contributed by atoms with Crippen LogP contribution in [0, 0.1) is 18.3 Å². The number of nitrogens with one attached hydrogen (secondary N) is 1. The molecule has 31 heavy (non-hydrogen) atoms. The Morgan fingerprint density at radius 1 is 1.16 bits per heavy atom. The van der Waals surface area contributed by atoms with Crippen LogP contribution in [0.2, 0.25) is 0 Å². The highest BCUT2D eigenvalue weighted by molar-refractivity contribution is 7.98. The lowest BCUT2D eigenvalue weighted by molar-refractivity contribution is 0.379. The molecule has 0 bridgehead atoms. The summed E-state index contributed by atoms with van der Waals surface area (Å²) in [6, 6.07) is 20.5. The first-order valence-corrected chi connectivity index (χ1v) is 10.8. The number of hydrogen-bond acceptors (Lipinski definition) is 6. The maximum Gasteiger partial charge on any atom is 0.244 e. The summed E-state index contributed by atoms with van der Waals surface area (Å²) in [5.41, 5.74) is 11.3. The van der Waals surface area contributed by atoms with Crippen molar-refractivity contribution in [3.05, 3.63) is 94.6 Å². The summed E-state index contributed by atoms with van der Waals surface area (Å²) in [6.07, 6.45) is 1.76. The average Bonchev–Trinajstić information content (AvgIpc) is 3.19. The van der Waals surface area contributed by atoms with Gasteiger partial charge in [0.1, 0.15) is 11.6 Å². The Morgan fingerprint density at radius 3 is 2.77 bits per heavy atom. The highest BCUT2D eigenvalue weighted by atomic mass is 32.2. The van der Waals surface area contributed by atoms with Gasteiger partial charge in [0.25, 0.3) is 0 Å². The molecule has 0 saturated carbocycles. The maximum absolute atomic E-state index is 9.93. The van der Waals surface area contributed by atoms with E-state index in [-0.39, 0.29) is 11.8 Å². The zero-order chi connectivity index (χ0) is 21.4. The average molecular weight is 426 g/mol. The van der Waals surface area contributed by atoms with Crippen molar-refractivity contribution in [3.63, 3.8) is 0 Å². The molecule has 6 nitrogen and oxygen atoms in total. The molecule has 7 heteroatoms. The number of thioether (sulfide) groups is 1. The zero-order valence-corrected chi connectivity index (χ0v) is 17.6. The van der Waals surface area contributed by atoms with Gasteiger partial charge in [-0.2, -0.15) is 5.26 Å². The molecule has 0 spiro atoms. The molecule has 0 radical (unpaired) electrons. The van der Waals surface area contributed by atoms with Crippen molar-refractivity contribution < 1.29 is 4.74 Å². The maximum atomic E-state index is 9.93. The summed E-state index contributed by atoms with van der Waals surface area (Å²) in [6.45, 7) is 2.07. The SMILES string of the molecule is Cc1ccc(SCc2[nH]nc3c2C(c2ccnc4ccccc24)C(C#N)=C(N)O3)cc1. The van der Waals surface area contributed by atoms with Crippen LogP contribution in [-0.2, 0) is 5.75 Å². The van der Waals surface area contributed by atoms with E-state index in [2.05, 4.69) is 52.4 Å². The van der Waals surface area contributed by atoms with Gasteiger partial charge in [-0.1, -0.05) is 35.9 Å². The van der Waals surface area contributed by atoms with E-state index in [4.69, 9.17) is 10.5 Å². The number of aromatic nitrogens is 3. The number of nitriles is 1. The molecule has 2 aromatic heterocycles. The zero-order valence-electron chi connectivity index (χ0n) is 16.8. The standard InChI is InChI=1S/C24H19N5OS/c1-14-6-8-15(9-7-14)31-13-20-22-21(18(12-25)23(26)30-24(22)29-28-20)17-10-11-27-19-5-3-2-4-16(17)19/h2-11,21H,13,26H2,1H3,(H,28,29). The monoisotopic (exact) mass is 425 g/mol. The number of allylic oxidation sites excluding steroid dienone is 1. The molecule has 0 fully saturated rings. The molecular formula is C24H19N5OS. The minimum Gasteiger partial charge on any atom is -0.420 e. The van der Waals surface area contributed by atoms with Gasteiger partial charge < -0.3 is 10.5 Å². The fourth-order valence-electron chi connectivity index (χ4n) is 3.89. The van der Waals surface area contributed by atoms with E-state index in [1.165, 1.54) is 5.56 Å². The third-order valence-electron chi connectivity index (χ3n) is 5.42. The topological polar surface area (TPSA) is 101 Å². The lowest BCUT2D eigenvalue weighted by atomic mass is 9.83. The molecule has 1 atom stereocenters. The number of rotatable bonds is 4. The molecule has 0 saturated heterocycles. The normalized spacial score (nSPS) is 15.4. The summed E-state index contributed by atoms with van der Waals surface area (Å²) >= 11 is 1.70. The Bertz CT molecular complexity index is 1350. The number of nitrogens with two attached hydrogens (primary N) is 1. The van der Waals surface area contributed by atoms with Gasteiger partial charge >= 0.3 is 0 Å². The third-order valence-corrected chi connectivity index (χ3v) is 6.45. The van der Waals surface area contributed by atoms with Gasteiger partial charge in [-0.3, -0.25) is 10.1 Å². The van der Waals surface area contributed by atoms with Gasteiger partial charge in [-0.15, -0.1) is 16.9 Å². The number of pyridine rings is 1. The minimum atomic E-state index is -0.381. The van der Waals surface area contributed by atoms with E-state index in [0.29, 0.717) is 17.2 Å². The van der Waals surface area contributed by atoms with Crippen LogP contribution in [-0.4, -0.2) is 15.2 Å². The number of aryl methyl sites for hydroxylation is 1. The lowest BCUT2D eigenvalue weighted by Gasteiger charge is -2.25. The van der Waals surface area contributed by atoms with E-state index in [0.717, 1.165) is 32.6 Å². The number of para-hydroxylation sites is 1. The van der Waals surface area contributed by atoms with Crippen LogP contribution in [0.25, 0.3) is 10.9 Å². The van der Waals surface area contributed by atoms with E-state index in [9.17, 15) is 5.26 Å². The van der Waals surface area contributed by atoms with E-state index >= 15 is 0 Å². The number of hydrogen-bond donors (Lipinski definition) is 2. The number of benzene rings is 2. The molecule has 4 aromatic rings. The molecule has 3 N–H and O–H groups in total. The van der Waals surface area contributed by atoms with Crippen molar-refractivity contribution in [2.24, 2.45) is 5.73 Å². The largest absolute Gasteiger partial charge is 0.420 e. The van der Waals surface area contributed by atoms with Crippen LogP contribution in [0.15, 0.2) is 77.1 Å². The van der Waals surface area contributed by atoms with Crippen LogP contribution < -0.4 is 10.5 Å². The molecule has 0 aliphatic carbocycles. The van der Waals surface area contributed by atoms with Gasteiger partial charge in [0.15, 0.2) is 0 Å². The predicted molar refractivity (Wildman–Crippen MR) is 120 cm³/mol. The number of nitrogens with zero attached hydrogens (tertiary/aromatic N) is 3. The van der Waals surface area contributed by atoms with Crippen LogP contribution in [0.4, 0.5) is 0 Å². The van der Waals surface area contributed by atoms with Gasteiger partial charge in [-0.05, 0) is 36.8 Å². The summed E-state index contributed by atoms with van der Waals surface area (Å²) in [5, 5.41) is 18.4. The van der Waals surface area contributed by atoms with Crippen molar-refractivity contribution in [3.8, 4) is 11.9 Å². The first-order valence-electron chi connectivity index (χ1n) is 9.83. The second-order valence-corrected chi connectivity index (χ2v) is 8.41. The van der Waals surface area contributed by atoms with Gasteiger partial charge in [0, 0.05) is 22.2 Å². The van der Waals surface area contributed by atoms with Crippen molar-refractivity contribution in [1.82, 2.24) is 15.2 Å². The summed E-state index contributed by atoms with van der Waals surface area (Å²) in [7, 11) is 0. The fourth-order valence-corrected chi connectivity index (χ4v) is 4.75. The van der Waals surface area contributed by atoms with E-state index < -0.39 is 0 Å². The van der Waals surface area contributed by atoms with E-state index in [1.807, 2.05) is 30.3 Å². The molecule has 1 unspecified atom stereocenters. The molecule has 1 aliphatic heterocycles. The van der Waals surface area contributed by atoms with Gasteiger partial charge in [0.05, 0.1) is 22.7 Å². The smallest absolute Gasteiger partial charge is 0.244 e. The fraction of sp³-hybridized carbons (Fsp3) is 0.125. The summed E-state index contributed by atoms with van der Waals surface area (Å²) < 4.78 is 5.72. The second-order valence-electron chi connectivity index (χ2n) is 7.36. The highest BCUT2D eigenvalue weighted by Crippen LogP contribution is 2.45. The lowest BCUT2D eigenvalue weighted by Crippen LogP contribution is -2.21. The van der Waals surface area contributed by atoms with Crippen molar-refractivity contribution in [1.29, 1.82) is 5.26 Å². The quantitative estimate of drug-likeness (QED) is 0.457. The Labute approximate surface area is 183 Å². The molecule has 3 heterocycles. The Morgan fingerprint density at radius 2 is 1.97 bits per heavy atom. The van der Waals surface area contributed by atoms with Crippen LogP contribution in [0.3, 0.4) is 0 Å². The number of H-pyrrole nitrogens is 1.